The molecule has 0 bridgehead atoms. The van der Waals surface area contributed by atoms with E-state index in [9.17, 15) is 40.9 Å². The van der Waals surface area contributed by atoms with Gasteiger partial charge in [0.25, 0.3) is 0 Å². The van der Waals surface area contributed by atoms with Crippen molar-refractivity contribution in [3.63, 3.8) is 0 Å². The molecule has 0 unspecified atom stereocenters. The first-order valence-electron chi connectivity index (χ1n) is 7.84. The summed E-state index contributed by atoms with van der Waals surface area (Å²) in [6, 6.07) is 7.84. The fraction of sp³-hybridized carbons (Fsp3) is 0. The minimum atomic E-state index is -5.19. The number of carbonyl (C=O) groups excluding carboxylic acids is 1. The molecule has 0 aliphatic rings. The predicted octanol–water partition coefficient (Wildman–Crippen LogP) is -3.70. The third kappa shape index (κ3) is 5.94. The molecule has 2 N–H and O–H groups in total. The van der Waals surface area contributed by atoms with Gasteiger partial charge in [0.1, 0.15) is 38.0 Å². The Labute approximate surface area is 226 Å². The molecule has 156 valence electrons. The Morgan fingerprint density at radius 1 is 0.781 bits per heavy atom. The Morgan fingerprint density at radius 2 is 1.34 bits per heavy atom. The number of azo groups is 1. The van der Waals surface area contributed by atoms with E-state index in [-0.39, 0.29) is 70.2 Å². The molecule has 32 heavy (non-hydrogen) atoms. The van der Waals surface area contributed by atoms with Crippen LogP contribution in [-0.4, -0.2) is 42.4 Å². The molecule has 0 spiro atoms. The second-order valence-corrected chi connectivity index (χ2v) is 8.60. The number of aldehydes is 1. The summed E-state index contributed by atoms with van der Waals surface area (Å²) in [5.74, 6) is -2.21. The maximum Gasteiger partial charge on any atom is 1.00 e. The van der Waals surface area contributed by atoms with Crippen LogP contribution in [0.1, 0.15) is 10.4 Å². The van der Waals surface area contributed by atoms with E-state index in [1.807, 2.05) is 0 Å². The first kappa shape index (κ1) is 28.6. The predicted molar refractivity (Wildman–Crippen MR) is 99.2 cm³/mol. The van der Waals surface area contributed by atoms with Crippen molar-refractivity contribution in [1.29, 1.82) is 0 Å². The molecule has 0 heterocycles. The number of fused-ring (bicyclic) bond motifs is 1. The fourth-order valence-electron chi connectivity index (χ4n) is 2.62. The van der Waals surface area contributed by atoms with E-state index in [4.69, 9.17) is 0 Å². The molecule has 0 saturated carbocycles. The number of phenolic OH excluding ortho intramolecular Hbond substituents is 2. The second-order valence-electron chi connectivity index (χ2n) is 5.90. The molecule has 3 rings (SSSR count). The molecule has 0 fully saturated rings. The van der Waals surface area contributed by atoms with E-state index in [2.05, 4.69) is 10.2 Å². The number of phenols is 2. The van der Waals surface area contributed by atoms with Gasteiger partial charge in [-0.25, -0.2) is 16.8 Å². The summed E-state index contributed by atoms with van der Waals surface area (Å²) >= 11 is 0. The molecule has 0 aromatic heterocycles. The summed E-state index contributed by atoms with van der Waals surface area (Å²) in [7, 11) is -10.3. The van der Waals surface area contributed by atoms with Gasteiger partial charge in [0.05, 0.1) is 20.9 Å². The normalized spacial score (nSPS) is 11.7. The zero-order chi connectivity index (χ0) is 22.3. The second kappa shape index (κ2) is 10.7. The number of carbonyl (C=O) groups is 1. The van der Waals surface area contributed by atoms with E-state index < -0.39 is 52.6 Å². The largest absolute Gasteiger partial charge is 1.00 e. The minimum absolute atomic E-state index is 0. The molecule has 15 heteroatoms. The van der Waals surface area contributed by atoms with Gasteiger partial charge in [-0.05, 0) is 41.8 Å². The van der Waals surface area contributed by atoms with Crippen molar-refractivity contribution in [2.24, 2.45) is 10.2 Å². The quantitative estimate of drug-likeness (QED) is 0.154. The van der Waals surface area contributed by atoms with Gasteiger partial charge in [-0.2, -0.15) is 5.11 Å². The topological polar surface area (TPSA) is 197 Å². The Morgan fingerprint density at radius 3 is 1.84 bits per heavy atom. The van der Waals surface area contributed by atoms with Crippen LogP contribution in [0.4, 0.5) is 11.4 Å². The Balaban J connectivity index is 0.00000256. The van der Waals surface area contributed by atoms with Crippen molar-refractivity contribution in [3.05, 3.63) is 48.0 Å². The van der Waals surface area contributed by atoms with Crippen LogP contribution in [0.5, 0.6) is 11.5 Å². The van der Waals surface area contributed by atoms with Crippen LogP contribution in [-0.2, 0) is 20.2 Å². The SMILES string of the molecule is O=Cc1ccc(N=Nc2c(S(=O)(=O)[O-])cc3ccc(S(=O)(=O)[O-])c(O)c3c2O)cc1.[Na+].[Na+]. The fourth-order valence-corrected chi connectivity index (χ4v) is 3.84. The van der Waals surface area contributed by atoms with Crippen LogP contribution >= 0.6 is 0 Å². The number of benzene rings is 3. The average molecular weight is 496 g/mol. The molecule has 0 saturated heterocycles. The van der Waals surface area contributed by atoms with Crippen molar-refractivity contribution in [1.82, 2.24) is 0 Å². The molecule has 0 aliphatic carbocycles. The molecular formula is C17H10N2Na2O9S2. The maximum absolute atomic E-state index is 11.6. The molecule has 3 aromatic rings. The van der Waals surface area contributed by atoms with Crippen LogP contribution < -0.4 is 59.1 Å². The van der Waals surface area contributed by atoms with Gasteiger partial charge in [0.15, 0.2) is 5.75 Å². The van der Waals surface area contributed by atoms with E-state index in [0.29, 0.717) is 17.9 Å². The molecule has 0 radical (unpaired) electrons. The summed E-state index contributed by atoms with van der Waals surface area (Å²) in [6.07, 6.45) is 0.572. The van der Waals surface area contributed by atoms with E-state index in [0.717, 1.165) is 12.1 Å². The van der Waals surface area contributed by atoms with Crippen molar-refractivity contribution in [2.45, 2.75) is 9.79 Å². The van der Waals surface area contributed by atoms with Gasteiger partial charge >= 0.3 is 59.1 Å². The number of nitrogens with zero attached hydrogens (tertiary/aromatic N) is 2. The Hall–Kier alpha value is -1.39. The van der Waals surface area contributed by atoms with Gasteiger partial charge in [-0.3, -0.25) is 4.79 Å². The molecule has 0 atom stereocenters. The molecule has 0 aliphatic heterocycles. The summed E-state index contributed by atoms with van der Waals surface area (Å²) in [5, 5.41) is 27.0. The van der Waals surface area contributed by atoms with Gasteiger partial charge in [0.2, 0.25) is 0 Å². The number of rotatable bonds is 5. The molecular weight excluding hydrogens is 486 g/mol. The smallest absolute Gasteiger partial charge is 0.744 e. The van der Waals surface area contributed by atoms with Crippen LogP contribution in [0.15, 0.2) is 62.5 Å². The van der Waals surface area contributed by atoms with Crippen molar-refractivity contribution >= 4 is 48.7 Å². The summed E-state index contributed by atoms with van der Waals surface area (Å²) in [5.41, 5.74) is -0.427. The van der Waals surface area contributed by atoms with Crippen molar-refractivity contribution in [3.8, 4) is 11.5 Å². The summed E-state index contributed by atoms with van der Waals surface area (Å²) < 4.78 is 68.7. The summed E-state index contributed by atoms with van der Waals surface area (Å²) in [6.45, 7) is 0. The van der Waals surface area contributed by atoms with Gasteiger partial charge in [0, 0.05) is 5.56 Å². The average Bonchev–Trinajstić information content (AvgIpc) is 2.65. The van der Waals surface area contributed by atoms with Crippen molar-refractivity contribution < 1.29 is 100 Å². The zero-order valence-electron chi connectivity index (χ0n) is 16.6. The van der Waals surface area contributed by atoms with Gasteiger partial charge in [-0.15, -0.1) is 5.11 Å². The van der Waals surface area contributed by atoms with Crippen LogP contribution in [0, 0.1) is 0 Å². The third-order valence-electron chi connectivity index (χ3n) is 3.99. The monoisotopic (exact) mass is 496 g/mol. The van der Waals surface area contributed by atoms with Crippen LogP contribution in [0.2, 0.25) is 0 Å². The third-order valence-corrected chi connectivity index (χ3v) is 5.71. The standard InChI is InChI=1S/C17H12N2O9S2.2Na/c20-8-9-1-4-11(5-2-9)18-19-15-13(30(26,27)28)7-10-3-6-12(29(23,24)25)16(21)14(10)17(15)22;;/h1-8,21-22H,(H,23,24,25)(H,26,27,28);;/q;2*+1/p-2. The van der Waals surface area contributed by atoms with Gasteiger partial charge in [-0.1, -0.05) is 6.07 Å². The Bertz CT molecular complexity index is 1420. The summed E-state index contributed by atoms with van der Waals surface area (Å²) in [4.78, 5) is 8.63. The Kier molecular flexibility index (Phi) is 9.57. The number of aromatic hydroxyl groups is 2. The van der Waals surface area contributed by atoms with Gasteiger partial charge < -0.3 is 19.3 Å². The van der Waals surface area contributed by atoms with E-state index in [1.165, 1.54) is 24.3 Å². The molecule has 0 amide bonds. The van der Waals surface area contributed by atoms with E-state index >= 15 is 0 Å². The minimum Gasteiger partial charge on any atom is -0.744 e. The van der Waals surface area contributed by atoms with Crippen LogP contribution in [0.25, 0.3) is 10.8 Å². The van der Waals surface area contributed by atoms with E-state index in [1.54, 1.807) is 0 Å². The maximum atomic E-state index is 11.6. The number of hydrogen-bond donors (Lipinski definition) is 2. The van der Waals surface area contributed by atoms with Crippen LogP contribution in [0.3, 0.4) is 0 Å². The van der Waals surface area contributed by atoms with Crippen molar-refractivity contribution in [2.75, 3.05) is 0 Å². The number of hydrogen-bond acceptors (Lipinski definition) is 11. The molecule has 3 aromatic carbocycles. The first-order valence-corrected chi connectivity index (χ1v) is 10.7. The first-order chi connectivity index (χ1) is 13.9. The molecule has 11 nitrogen and oxygen atoms in total. The zero-order valence-corrected chi connectivity index (χ0v) is 22.2.